The van der Waals surface area contributed by atoms with E-state index in [4.69, 9.17) is 15.9 Å². The maximum Gasteiger partial charge on any atom is 0.131 e. The topological polar surface area (TPSA) is 59.1 Å². The molecule has 0 aromatic carbocycles. The number of hydrogen-bond donors (Lipinski definition) is 2. The van der Waals surface area contributed by atoms with Gasteiger partial charge >= 0.3 is 0 Å². The third-order valence-electron chi connectivity index (χ3n) is 2.52. The smallest absolute Gasteiger partial charge is 0.131 e. The summed E-state index contributed by atoms with van der Waals surface area (Å²) in [6.45, 7) is 3.77. The van der Waals surface area contributed by atoms with Crippen molar-refractivity contribution >= 4 is 6.21 Å². The van der Waals surface area contributed by atoms with Crippen LogP contribution >= 0.6 is 0 Å². The third-order valence-corrected chi connectivity index (χ3v) is 2.52. The summed E-state index contributed by atoms with van der Waals surface area (Å²) in [5.41, 5.74) is 6.19. The van der Waals surface area contributed by atoms with Gasteiger partial charge in [-0.15, -0.1) is 0 Å². The molecule has 1 aliphatic carbocycles. The van der Waals surface area contributed by atoms with Crippen molar-refractivity contribution in [2.24, 2.45) is 11.1 Å². The third kappa shape index (κ3) is 1.80. The van der Waals surface area contributed by atoms with E-state index in [-0.39, 0.29) is 6.61 Å². The zero-order chi connectivity index (χ0) is 10.8. The monoisotopic (exact) mass is 200 g/mol. The Labute approximate surface area is 83.6 Å². The molecule has 2 atom stereocenters. The van der Waals surface area contributed by atoms with Crippen LogP contribution in [-0.4, -0.2) is 25.5 Å². The molecule has 3 N–H and O–H groups in total. The largest absolute Gasteiger partial charge is 0.494 e. The molecule has 0 saturated carbocycles. The first kappa shape index (κ1) is 11.2. The molecule has 0 spiro atoms. The van der Waals surface area contributed by atoms with Crippen molar-refractivity contribution < 1.29 is 9.13 Å². The second-order valence-electron chi connectivity index (χ2n) is 3.88. The average molecular weight is 200 g/mol. The fraction of sp³-hybridized carbons (Fsp3) is 0.700. The van der Waals surface area contributed by atoms with Crippen LogP contribution in [0.3, 0.4) is 0 Å². The Hall–Kier alpha value is -0.900. The molecular weight excluding hydrogens is 183 g/mol. The van der Waals surface area contributed by atoms with Crippen LogP contribution in [0.15, 0.2) is 11.3 Å². The van der Waals surface area contributed by atoms with E-state index in [2.05, 4.69) is 0 Å². The van der Waals surface area contributed by atoms with Gasteiger partial charge in [-0.25, -0.2) is 4.39 Å². The molecule has 0 amide bonds. The van der Waals surface area contributed by atoms with Crippen molar-refractivity contribution in [2.45, 2.75) is 26.4 Å². The van der Waals surface area contributed by atoms with Crippen molar-refractivity contribution in [3.63, 3.8) is 0 Å². The average Bonchev–Trinajstić information content (AvgIpc) is 2.13. The summed E-state index contributed by atoms with van der Waals surface area (Å²) in [6, 6.07) is 0. The molecule has 0 aromatic heterocycles. The molecule has 2 unspecified atom stereocenters. The number of ether oxygens (including phenoxy) is 1. The predicted molar refractivity (Wildman–Crippen MR) is 54.1 cm³/mol. The quantitative estimate of drug-likeness (QED) is 0.663. The van der Waals surface area contributed by atoms with E-state index < -0.39 is 11.6 Å². The number of rotatable bonds is 5. The van der Waals surface area contributed by atoms with Gasteiger partial charge in [0.05, 0.1) is 5.41 Å². The lowest BCUT2D eigenvalue weighted by atomic mass is 9.70. The Bertz CT molecular complexity index is 263. The lowest BCUT2D eigenvalue weighted by Gasteiger charge is -2.40. The SMILES string of the molecule is CC1=C(OCC(C)F)C(C=N)(CN)C1. The number of allylic oxidation sites excluding steroid dienone is 1. The maximum absolute atomic E-state index is 12.6. The molecular formula is C10H17FN2O. The van der Waals surface area contributed by atoms with Gasteiger partial charge in [-0.1, -0.05) is 0 Å². The Morgan fingerprint density at radius 3 is 2.79 bits per heavy atom. The highest BCUT2D eigenvalue weighted by Crippen LogP contribution is 2.44. The molecule has 0 aromatic rings. The fourth-order valence-corrected chi connectivity index (χ4v) is 1.76. The molecule has 0 bridgehead atoms. The van der Waals surface area contributed by atoms with Gasteiger partial charge in [-0.05, 0) is 25.8 Å². The van der Waals surface area contributed by atoms with Crippen molar-refractivity contribution in [1.29, 1.82) is 5.41 Å². The van der Waals surface area contributed by atoms with Crippen molar-refractivity contribution in [3.8, 4) is 0 Å². The molecule has 0 radical (unpaired) electrons. The summed E-state index contributed by atoms with van der Waals surface area (Å²) in [4.78, 5) is 0. The highest BCUT2D eigenvalue weighted by molar-refractivity contribution is 5.71. The van der Waals surface area contributed by atoms with Crippen LogP contribution < -0.4 is 5.73 Å². The number of nitrogens with one attached hydrogen (secondary N) is 1. The molecule has 14 heavy (non-hydrogen) atoms. The molecule has 80 valence electrons. The molecule has 3 nitrogen and oxygen atoms in total. The highest BCUT2D eigenvalue weighted by atomic mass is 19.1. The van der Waals surface area contributed by atoms with E-state index in [9.17, 15) is 4.39 Å². The normalized spacial score (nSPS) is 28.3. The molecule has 0 aliphatic heterocycles. The second kappa shape index (κ2) is 4.09. The van der Waals surface area contributed by atoms with E-state index in [1.807, 2.05) is 6.92 Å². The molecule has 0 saturated heterocycles. The van der Waals surface area contributed by atoms with Crippen LogP contribution in [0.1, 0.15) is 20.3 Å². The Morgan fingerprint density at radius 1 is 1.79 bits per heavy atom. The lowest BCUT2D eigenvalue weighted by molar-refractivity contribution is 0.0912. The minimum atomic E-state index is -0.989. The first-order chi connectivity index (χ1) is 6.55. The van der Waals surface area contributed by atoms with E-state index in [1.54, 1.807) is 0 Å². The van der Waals surface area contributed by atoms with Gasteiger partial charge in [0, 0.05) is 12.8 Å². The fourth-order valence-electron chi connectivity index (χ4n) is 1.76. The molecule has 1 rings (SSSR count). The highest BCUT2D eigenvalue weighted by Gasteiger charge is 2.42. The second-order valence-corrected chi connectivity index (χ2v) is 3.88. The summed E-state index contributed by atoms with van der Waals surface area (Å²) in [6.07, 6.45) is 1.07. The Balaban J connectivity index is 2.66. The van der Waals surface area contributed by atoms with Gasteiger partial charge in [0.15, 0.2) is 0 Å². The van der Waals surface area contributed by atoms with Crippen LogP contribution in [0, 0.1) is 10.8 Å². The maximum atomic E-state index is 12.6. The zero-order valence-corrected chi connectivity index (χ0v) is 8.64. The first-order valence-electron chi connectivity index (χ1n) is 4.74. The van der Waals surface area contributed by atoms with Gasteiger partial charge in [0.25, 0.3) is 0 Å². The van der Waals surface area contributed by atoms with Crippen molar-refractivity contribution in [3.05, 3.63) is 11.3 Å². The van der Waals surface area contributed by atoms with E-state index in [0.29, 0.717) is 12.3 Å². The minimum absolute atomic E-state index is 0.0439. The van der Waals surface area contributed by atoms with Crippen LogP contribution in [0.2, 0.25) is 0 Å². The summed E-state index contributed by atoms with van der Waals surface area (Å²) < 4.78 is 17.9. The summed E-state index contributed by atoms with van der Waals surface area (Å²) in [5.74, 6) is 0.694. The Morgan fingerprint density at radius 2 is 2.43 bits per heavy atom. The Kier molecular flexibility index (Phi) is 3.26. The van der Waals surface area contributed by atoms with Crippen molar-refractivity contribution in [2.75, 3.05) is 13.2 Å². The van der Waals surface area contributed by atoms with Gasteiger partial charge < -0.3 is 15.9 Å². The standard InChI is InChI=1S/C10H17FN2O/c1-7-3-10(5-12,6-13)9(7)14-4-8(2)11/h5,8,12H,3-4,6,13H2,1-2H3. The first-order valence-corrected chi connectivity index (χ1v) is 4.74. The van der Waals surface area contributed by atoms with Gasteiger partial charge in [-0.3, -0.25) is 0 Å². The van der Waals surface area contributed by atoms with Crippen LogP contribution in [0.4, 0.5) is 4.39 Å². The van der Waals surface area contributed by atoms with Crippen LogP contribution in [0.25, 0.3) is 0 Å². The molecule has 0 heterocycles. The van der Waals surface area contributed by atoms with Crippen LogP contribution in [-0.2, 0) is 4.74 Å². The van der Waals surface area contributed by atoms with Crippen molar-refractivity contribution in [1.82, 2.24) is 0 Å². The van der Waals surface area contributed by atoms with Gasteiger partial charge in [0.1, 0.15) is 18.5 Å². The zero-order valence-electron chi connectivity index (χ0n) is 8.64. The number of alkyl halides is 1. The van der Waals surface area contributed by atoms with Gasteiger partial charge in [-0.2, -0.15) is 0 Å². The van der Waals surface area contributed by atoms with Gasteiger partial charge in [0.2, 0.25) is 0 Å². The molecule has 1 aliphatic rings. The number of nitrogens with two attached hydrogens (primary N) is 1. The number of halogens is 1. The van der Waals surface area contributed by atoms with E-state index >= 15 is 0 Å². The minimum Gasteiger partial charge on any atom is -0.494 e. The van der Waals surface area contributed by atoms with Crippen LogP contribution in [0.5, 0.6) is 0 Å². The number of hydrogen-bond acceptors (Lipinski definition) is 3. The summed E-state index contributed by atoms with van der Waals surface area (Å²) >= 11 is 0. The lowest BCUT2D eigenvalue weighted by Crippen LogP contribution is -2.42. The van der Waals surface area contributed by atoms with E-state index in [1.165, 1.54) is 13.1 Å². The summed E-state index contributed by atoms with van der Waals surface area (Å²) in [5, 5.41) is 7.30. The molecule has 0 fully saturated rings. The summed E-state index contributed by atoms with van der Waals surface area (Å²) in [7, 11) is 0. The predicted octanol–water partition coefficient (Wildman–Crippen LogP) is 1.63. The van der Waals surface area contributed by atoms with E-state index in [0.717, 1.165) is 12.0 Å². The molecule has 4 heteroatoms.